The maximum absolute atomic E-state index is 11.7. The van der Waals surface area contributed by atoms with Gasteiger partial charge in [0.05, 0.1) is 10.8 Å². The Morgan fingerprint density at radius 1 is 1.41 bits per heavy atom. The van der Waals surface area contributed by atoms with Crippen LogP contribution in [0.3, 0.4) is 0 Å². The summed E-state index contributed by atoms with van der Waals surface area (Å²) in [6, 6.07) is 4.68. The molecule has 0 aliphatic carbocycles. The Morgan fingerprint density at radius 2 is 2.12 bits per heavy atom. The van der Waals surface area contributed by atoms with Crippen molar-refractivity contribution in [1.29, 1.82) is 0 Å². The van der Waals surface area contributed by atoms with Gasteiger partial charge in [-0.15, -0.1) is 0 Å². The zero-order valence-corrected chi connectivity index (χ0v) is 10.5. The fourth-order valence-electron chi connectivity index (χ4n) is 1.99. The van der Waals surface area contributed by atoms with Crippen LogP contribution < -0.4 is 10.0 Å². The lowest BCUT2D eigenvalue weighted by atomic mass is 9.98. The third-order valence-corrected chi connectivity index (χ3v) is 4.37. The highest BCUT2D eigenvalue weighted by Gasteiger charge is 2.30. The summed E-state index contributed by atoms with van der Waals surface area (Å²) in [7, 11) is -2.09. The van der Waals surface area contributed by atoms with Crippen LogP contribution in [0.4, 0.5) is 5.69 Å². The van der Waals surface area contributed by atoms with Gasteiger partial charge >= 0.3 is 0 Å². The van der Waals surface area contributed by atoms with Crippen LogP contribution in [0.25, 0.3) is 0 Å². The summed E-state index contributed by atoms with van der Waals surface area (Å²) in [5.74, 6) is -0.321. The molecule has 5 nitrogen and oxygen atoms in total. The molecular formula is C11H14N2O3S. The minimum Gasteiger partial charge on any atom is -0.325 e. The molecule has 92 valence electrons. The SMILES string of the molecule is CCC1C(=O)Nc2ccc(S(=O)(=O)NC)cc21. The maximum Gasteiger partial charge on any atom is 0.240 e. The number of amides is 1. The molecule has 0 aromatic heterocycles. The van der Waals surface area contributed by atoms with E-state index in [9.17, 15) is 13.2 Å². The first-order valence-electron chi connectivity index (χ1n) is 5.38. The Kier molecular flexibility index (Phi) is 2.92. The molecule has 1 amide bonds. The van der Waals surface area contributed by atoms with E-state index >= 15 is 0 Å². The number of nitrogens with one attached hydrogen (secondary N) is 2. The van der Waals surface area contributed by atoms with Crippen molar-refractivity contribution < 1.29 is 13.2 Å². The Balaban J connectivity index is 2.53. The first-order valence-corrected chi connectivity index (χ1v) is 6.86. The monoisotopic (exact) mass is 254 g/mol. The van der Waals surface area contributed by atoms with Crippen molar-refractivity contribution in [2.24, 2.45) is 0 Å². The summed E-state index contributed by atoms with van der Waals surface area (Å²) in [4.78, 5) is 11.8. The van der Waals surface area contributed by atoms with E-state index in [4.69, 9.17) is 0 Å². The fraction of sp³-hybridized carbons (Fsp3) is 0.364. The molecule has 6 heteroatoms. The molecular weight excluding hydrogens is 240 g/mol. The number of carbonyl (C=O) groups is 1. The van der Waals surface area contributed by atoms with Gasteiger partial charge in [-0.2, -0.15) is 0 Å². The van der Waals surface area contributed by atoms with Gasteiger partial charge in [0.15, 0.2) is 0 Å². The van der Waals surface area contributed by atoms with Crippen molar-refractivity contribution in [3.8, 4) is 0 Å². The second-order valence-electron chi connectivity index (χ2n) is 3.91. The molecule has 17 heavy (non-hydrogen) atoms. The molecule has 2 N–H and O–H groups in total. The zero-order valence-electron chi connectivity index (χ0n) is 9.65. The molecule has 0 saturated heterocycles. The largest absolute Gasteiger partial charge is 0.325 e. The molecule has 0 fully saturated rings. The minimum absolute atomic E-state index is 0.0681. The number of fused-ring (bicyclic) bond motifs is 1. The van der Waals surface area contributed by atoms with Crippen LogP contribution in [0, 0.1) is 0 Å². The molecule has 0 spiro atoms. The molecule has 2 rings (SSSR count). The van der Waals surface area contributed by atoms with Gasteiger partial charge in [-0.3, -0.25) is 4.79 Å². The fourth-order valence-corrected chi connectivity index (χ4v) is 2.76. The molecule has 1 aliphatic heterocycles. The summed E-state index contributed by atoms with van der Waals surface area (Å²) >= 11 is 0. The van der Waals surface area contributed by atoms with Crippen LogP contribution in [-0.2, 0) is 14.8 Å². The quantitative estimate of drug-likeness (QED) is 0.846. The van der Waals surface area contributed by atoms with Crippen molar-refractivity contribution >= 4 is 21.6 Å². The number of benzene rings is 1. The van der Waals surface area contributed by atoms with E-state index in [1.807, 2.05) is 6.92 Å². The topological polar surface area (TPSA) is 75.3 Å². The maximum atomic E-state index is 11.7. The van der Waals surface area contributed by atoms with E-state index < -0.39 is 10.0 Å². The lowest BCUT2D eigenvalue weighted by Gasteiger charge is -2.07. The van der Waals surface area contributed by atoms with Crippen LogP contribution in [0.15, 0.2) is 23.1 Å². The van der Waals surface area contributed by atoms with Crippen LogP contribution >= 0.6 is 0 Å². The van der Waals surface area contributed by atoms with Gasteiger partial charge in [-0.1, -0.05) is 6.92 Å². The van der Waals surface area contributed by atoms with Crippen molar-refractivity contribution in [3.63, 3.8) is 0 Å². The zero-order chi connectivity index (χ0) is 12.6. The highest BCUT2D eigenvalue weighted by Crippen LogP contribution is 2.35. The second kappa shape index (κ2) is 4.12. The molecule has 1 aliphatic rings. The molecule has 0 radical (unpaired) electrons. The predicted octanol–water partition coefficient (Wildman–Crippen LogP) is 1.04. The molecule has 1 atom stereocenters. The van der Waals surface area contributed by atoms with E-state index in [-0.39, 0.29) is 16.7 Å². The third-order valence-electron chi connectivity index (χ3n) is 2.96. The standard InChI is InChI=1S/C11H14N2O3S/c1-3-8-9-6-7(17(15,16)12-2)4-5-10(9)13-11(8)14/h4-6,8,12H,3H2,1-2H3,(H,13,14). The molecule has 1 aromatic carbocycles. The summed E-state index contributed by atoms with van der Waals surface area (Å²) in [6.45, 7) is 1.90. The number of hydrogen-bond donors (Lipinski definition) is 2. The van der Waals surface area contributed by atoms with Crippen molar-refractivity contribution in [2.45, 2.75) is 24.2 Å². The van der Waals surface area contributed by atoms with E-state index in [1.54, 1.807) is 12.1 Å². The van der Waals surface area contributed by atoms with Crippen LogP contribution in [-0.4, -0.2) is 21.4 Å². The molecule has 1 unspecified atom stereocenters. The minimum atomic E-state index is -3.46. The normalized spacial score (nSPS) is 18.9. The van der Waals surface area contributed by atoms with Crippen LogP contribution in [0.2, 0.25) is 0 Å². The number of carbonyl (C=O) groups excluding carboxylic acids is 1. The van der Waals surface area contributed by atoms with Crippen molar-refractivity contribution in [1.82, 2.24) is 4.72 Å². The van der Waals surface area contributed by atoms with Crippen molar-refractivity contribution in [2.75, 3.05) is 12.4 Å². The van der Waals surface area contributed by atoms with E-state index in [2.05, 4.69) is 10.0 Å². The predicted molar refractivity (Wildman–Crippen MR) is 64.3 cm³/mol. The third kappa shape index (κ3) is 1.94. The molecule has 0 saturated carbocycles. The highest BCUT2D eigenvalue weighted by molar-refractivity contribution is 7.89. The number of sulfonamides is 1. The van der Waals surface area contributed by atoms with Gasteiger partial charge < -0.3 is 5.32 Å². The van der Waals surface area contributed by atoms with Gasteiger partial charge in [0.1, 0.15) is 0 Å². The van der Waals surface area contributed by atoms with E-state index in [0.29, 0.717) is 12.1 Å². The molecule has 0 bridgehead atoms. The van der Waals surface area contributed by atoms with Gasteiger partial charge in [-0.25, -0.2) is 13.1 Å². The van der Waals surface area contributed by atoms with Gasteiger partial charge in [0.25, 0.3) is 0 Å². The Hall–Kier alpha value is -1.40. The summed E-state index contributed by atoms with van der Waals surface area (Å²) < 4.78 is 25.6. The smallest absolute Gasteiger partial charge is 0.240 e. The second-order valence-corrected chi connectivity index (χ2v) is 5.79. The Bertz CT molecular complexity index is 566. The van der Waals surface area contributed by atoms with Crippen LogP contribution in [0.1, 0.15) is 24.8 Å². The molecule has 1 aromatic rings. The average molecular weight is 254 g/mol. The number of rotatable bonds is 3. The Morgan fingerprint density at radius 3 is 2.71 bits per heavy atom. The summed E-state index contributed by atoms with van der Waals surface area (Å²) in [6.07, 6.45) is 0.655. The lowest BCUT2D eigenvalue weighted by molar-refractivity contribution is -0.117. The highest BCUT2D eigenvalue weighted by atomic mass is 32.2. The summed E-state index contributed by atoms with van der Waals surface area (Å²) in [5, 5.41) is 2.74. The van der Waals surface area contributed by atoms with Gasteiger partial charge in [-0.05, 0) is 37.2 Å². The van der Waals surface area contributed by atoms with Gasteiger partial charge in [0.2, 0.25) is 15.9 Å². The van der Waals surface area contributed by atoms with Crippen molar-refractivity contribution in [3.05, 3.63) is 23.8 Å². The first kappa shape index (κ1) is 12.1. The summed E-state index contributed by atoms with van der Waals surface area (Å²) in [5.41, 5.74) is 1.46. The lowest BCUT2D eigenvalue weighted by Crippen LogP contribution is -2.18. The van der Waals surface area contributed by atoms with E-state index in [1.165, 1.54) is 13.1 Å². The first-order chi connectivity index (χ1) is 7.99. The van der Waals surface area contributed by atoms with Gasteiger partial charge in [0, 0.05) is 5.69 Å². The van der Waals surface area contributed by atoms with E-state index in [0.717, 1.165) is 5.56 Å². The molecule has 1 heterocycles. The van der Waals surface area contributed by atoms with Crippen LogP contribution in [0.5, 0.6) is 0 Å². The Labute approximate surface area is 100 Å². The average Bonchev–Trinajstić information content (AvgIpc) is 2.63. The number of hydrogen-bond acceptors (Lipinski definition) is 3. The number of anilines is 1.